The molecule has 2 atom stereocenters. The predicted molar refractivity (Wildman–Crippen MR) is 60.0 cm³/mol. The van der Waals surface area contributed by atoms with Crippen LogP contribution in [-0.4, -0.2) is 19.1 Å². The molecule has 0 aliphatic carbocycles. The quantitative estimate of drug-likeness (QED) is 0.775. The first-order valence-electron chi connectivity index (χ1n) is 4.60. The van der Waals surface area contributed by atoms with Crippen molar-refractivity contribution < 1.29 is 0 Å². The highest BCUT2D eigenvalue weighted by Crippen LogP contribution is 2.34. The van der Waals surface area contributed by atoms with Crippen LogP contribution < -0.4 is 11.1 Å². The van der Waals surface area contributed by atoms with Gasteiger partial charge in [-0.15, -0.1) is 0 Å². The monoisotopic (exact) mass is 230 g/mol. The van der Waals surface area contributed by atoms with E-state index in [1.54, 1.807) is 0 Å². The van der Waals surface area contributed by atoms with Crippen molar-refractivity contribution in [2.45, 2.75) is 12.0 Å². The highest BCUT2D eigenvalue weighted by Gasteiger charge is 2.28. The Kier molecular flexibility index (Phi) is 2.98. The van der Waals surface area contributed by atoms with Crippen LogP contribution in [0.1, 0.15) is 11.5 Å². The largest absolute Gasteiger partial charge is 0.326 e. The lowest BCUT2D eigenvalue weighted by molar-refractivity contribution is 0.654. The maximum atomic E-state index is 6.11. The van der Waals surface area contributed by atoms with Crippen molar-refractivity contribution in [3.8, 4) is 0 Å². The summed E-state index contributed by atoms with van der Waals surface area (Å²) < 4.78 is 0. The molecular weight excluding hydrogens is 219 g/mol. The Bertz CT molecular complexity index is 321. The van der Waals surface area contributed by atoms with Crippen molar-refractivity contribution in [1.82, 2.24) is 5.32 Å². The van der Waals surface area contributed by atoms with Crippen LogP contribution in [0.25, 0.3) is 0 Å². The SMILES string of the molecule is NC1CNCC1c1c(Cl)cccc1Cl. The van der Waals surface area contributed by atoms with Crippen molar-refractivity contribution in [2.24, 2.45) is 5.73 Å². The molecule has 2 unspecified atom stereocenters. The van der Waals surface area contributed by atoms with Gasteiger partial charge in [-0.3, -0.25) is 0 Å². The summed E-state index contributed by atoms with van der Waals surface area (Å²) in [5.74, 6) is 0.233. The molecule has 1 aliphatic rings. The molecule has 0 amide bonds. The summed E-state index contributed by atoms with van der Waals surface area (Å²) in [4.78, 5) is 0. The summed E-state index contributed by atoms with van der Waals surface area (Å²) in [5, 5.41) is 4.65. The molecule has 0 bridgehead atoms. The molecule has 0 saturated carbocycles. The molecule has 3 N–H and O–H groups in total. The minimum absolute atomic E-state index is 0.104. The minimum atomic E-state index is 0.104. The molecule has 2 rings (SSSR count). The number of halogens is 2. The van der Waals surface area contributed by atoms with E-state index in [-0.39, 0.29) is 12.0 Å². The summed E-state index contributed by atoms with van der Waals surface area (Å²) in [7, 11) is 0. The molecule has 14 heavy (non-hydrogen) atoms. The fraction of sp³-hybridized carbons (Fsp3) is 0.400. The average molecular weight is 231 g/mol. The van der Waals surface area contributed by atoms with E-state index in [0.29, 0.717) is 10.0 Å². The van der Waals surface area contributed by atoms with Gasteiger partial charge in [-0.2, -0.15) is 0 Å². The molecule has 1 aromatic rings. The number of hydrogen-bond acceptors (Lipinski definition) is 2. The zero-order valence-electron chi connectivity index (χ0n) is 7.63. The number of hydrogen-bond donors (Lipinski definition) is 2. The van der Waals surface area contributed by atoms with Crippen LogP contribution in [0.4, 0.5) is 0 Å². The third kappa shape index (κ3) is 1.75. The number of benzene rings is 1. The first kappa shape index (κ1) is 10.2. The summed E-state index contributed by atoms with van der Waals surface area (Å²) in [6, 6.07) is 5.66. The Labute approximate surface area is 93.4 Å². The van der Waals surface area contributed by atoms with Crippen molar-refractivity contribution in [3.63, 3.8) is 0 Å². The Balaban J connectivity index is 2.39. The topological polar surface area (TPSA) is 38.0 Å². The smallest absolute Gasteiger partial charge is 0.0456 e. The van der Waals surface area contributed by atoms with Crippen LogP contribution in [0, 0.1) is 0 Å². The van der Waals surface area contributed by atoms with Crippen LogP contribution in [0.5, 0.6) is 0 Å². The van der Waals surface area contributed by atoms with Crippen molar-refractivity contribution in [3.05, 3.63) is 33.8 Å². The lowest BCUT2D eigenvalue weighted by atomic mass is 9.95. The second-order valence-electron chi connectivity index (χ2n) is 3.56. The Morgan fingerprint density at radius 2 is 1.86 bits per heavy atom. The van der Waals surface area contributed by atoms with Gasteiger partial charge in [0.2, 0.25) is 0 Å². The van der Waals surface area contributed by atoms with Gasteiger partial charge in [-0.1, -0.05) is 29.3 Å². The van der Waals surface area contributed by atoms with Crippen molar-refractivity contribution >= 4 is 23.2 Å². The highest BCUT2D eigenvalue weighted by molar-refractivity contribution is 6.36. The van der Waals surface area contributed by atoms with Gasteiger partial charge in [0.15, 0.2) is 0 Å². The highest BCUT2D eigenvalue weighted by atomic mass is 35.5. The molecule has 2 nitrogen and oxygen atoms in total. The van der Waals surface area contributed by atoms with Gasteiger partial charge in [0.05, 0.1) is 0 Å². The molecule has 1 aromatic carbocycles. The average Bonchev–Trinajstić information content (AvgIpc) is 2.52. The molecular formula is C10H12Cl2N2. The van der Waals surface area contributed by atoms with E-state index >= 15 is 0 Å². The standard InChI is InChI=1S/C10H12Cl2N2/c11-7-2-1-3-8(12)10(7)6-4-14-5-9(6)13/h1-3,6,9,14H,4-5,13H2. The number of nitrogens with two attached hydrogens (primary N) is 1. The van der Waals surface area contributed by atoms with Crippen LogP contribution in [-0.2, 0) is 0 Å². The molecule has 4 heteroatoms. The van der Waals surface area contributed by atoms with E-state index in [2.05, 4.69) is 5.32 Å². The summed E-state index contributed by atoms with van der Waals surface area (Å²) in [5.41, 5.74) is 6.95. The van der Waals surface area contributed by atoms with Gasteiger partial charge >= 0.3 is 0 Å². The molecule has 1 fully saturated rings. The fourth-order valence-corrected chi connectivity index (χ4v) is 2.56. The third-order valence-electron chi connectivity index (χ3n) is 2.63. The normalized spacial score (nSPS) is 26.8. The maximum Gasteiger partial charge on any atom is 0.0456 e. The van der Waals surface area contributed by atoms with Crippen molar-refractivity contribution in [2.75, 3.05) is 13.1 Å². The van der Waals surface area contributed by atoms with Crippen LogP contribution in [0.3, 0.4) is 0 Å². The zero-order chi connectivity index (χ0) is 10.1. The Morgan fingerprint density at radius 3 is 2.36 bits per heavy atom. The molecule has 1 aliphatic heterocycles. The van der Waals surface area contributed by atoms with Gasteiger partial charge in [0, 0.05) is 35.1 Å². The van der Waals surface area contributed by atoms with E-state index in [1.807, 2.05) is 18.2 Å². The zero-order valence-corrected chi connectivity index (χ0v) is 9.15. The van der Waals surface area contributed by atoms with E-state index in [0.717, 1.165) is 18.7 Å². The van der Waals surface area contributed by atoms with E-state index in [4.69, 9.17) is 28.9 Å². The molecule has 76 valence electrons. The van der Waals surface area contributed by atoms with Gasteiger partial charge in [-0.25, -0.2) is 0 Å². The van der Waals surface area contributed by atoms with Crippen molar-refractivity contribution in [1.29, 1.82) is 0 Å². The fourth-order valence-electron chi connectivity index (χ4n) is 1.88. The summed E-state index contributed by atoms with van der Waals surface area (Å²) in [6.07, 6.45) is 0. The van der Waals surface area contributed by atoms with Crippen LogP contribution >= 0.6 is 23.2 Å². The van der Waals surface area contributed by atoms with Gasteiger partial charge < -0.3 is 11.1 Å². The number of rotatable bonds is 1. The van der Waals surface area contributed by atoms with Gasteiger partial charge in [0.25, 0.3) is 0 Å². The van der Waals surface area contributed by atoms with Gasteiger partial charge in [-0.05, 0) is 17.7 Å². The van der Waals surface area contributed by atoms with E-state index in [1.165, 1.54) is 0 Å². The molecule has 0 radical (unpaired) electrons. The molecule has 1 heterocycles. The Morgan fingerprint density at radius 1 is 1.21 bits per heavy atom. The molecule has 0 aromatic heterocycles. The lowest BCUT2D eigenvalue weighted by Gasteiger charge is -2.17. The first-order valence-corrected chi connectivity index (χ1v) is 5.36. The number of nitrogens with one attached hydrogen (secondary N) is 1. The molecule has 0 spiro atoms. The minimum Gasteiger partial charge on any atom is -0.326 e. The predicted octanol–water partition coefficient (Wildman–Crippen LogP) is 2.01. The molecule has 1 saturated heterocycles. The van der Waals surface area contributed by atoms with Gasteiger partial charge in [0.1, 0.15) is 0 Å². The third-order valence-corrected chi connectivity index (χ3v) is 3.29. The first-order chi connectivity index (χ1) is 6.70. The van der Waals surface area contributed by atoms with Crippen LogP contribution in [0.15, 0.2) is 18.2 Å². The van der Waals surface area contributed by atoms with E-state index in [9.17, 15) is 0 Å². The second kappa shape index (κ2) is 4.07. The second-order valence-corrected chi connectivity index (χ2v) is 4.38. The lowest BCUT2D eigenvalue weighted by Crippen LogP contribution is -2.27. The Hall–Kier alpha value is -0.280. The summed E-state index contributed by atoms with van der Waals surface area (Å²) >= 11 is 12.2. The van der Waals surface area contributed by atoms with E-state index < -0.39 is 0 Å². The summed E-state index contributed by atoms with van der Waals surface area (Å²) in [6.45, 7) is 1.68. The maximum absolute atomic E-state index is 6.11. The van der Waals surface area contributed by atoms with Crippen LogP contribution in [0.2, 0.25) is 10.0 Å².